The van der Waals surface area contributed by atoms with E-state index in [4.69, 9.17) is 17.4 Å². The van der Waals surface area contributed by atoms with Crippen molar-refractivity contribution in [2.45, 2.75) is 6.54 Å². The minimum atomic E-state index is -0.263. The normalized spacial score (nSPS) is 10.0. The van der Waals surface area contributed by atoms with Crippen molar-refractivity contribution in [2.75, 3.05) is 5.43 Å². The molecule has 4 N–H and O–H groups in total. The number of nitrogens with zero attached hydrogens (tertiary/aromatic N) is 1. The van der Waals surface area contributed by atoms with E-state index in [-0.39, 0.29) is 5.91 Å². The van der Waals surface area contributed by atoms with Crippen LogP contribution in [0.5, 0.6) is 0 Å². The van der Waals surface area contributed by atoms with Gasteiger partial charge in [0.15, 0.2) is 0 Å². The van der Waals surface area contributed by atoms with E-state index >= 15 is 0 Å². The molecule has 98 valence electrons. The van der Waals surface area contributed by atoms with Gasteiger partial charge in [-0.3, -0.25) is 15.6 Å². The summed E-state index contributed by atoms with van der Waals surface area (Å²) in [6.07, 6.45) is 1.67. The van der Waals surface area contributed by atoms with E-state index in [1.54, 1.807) is 24.4 Å². The molecule has 19 heavy (non-hydrogen) atoms. The van der Waals surface area contributed by atoms with Crippen LogP contribution in [0.4, 0.5) is 5.69 Å². The highest BCUT2D eigenvalue weighted by molar-refractivity contribution is 6.31. The second kappa shape index (κ2) is 6.17. The van der Waals surface area contributed by atoms with Crippen LogP contribution < -0.4 is 16.6 Å². The predicted molar refractivity (Wildman–Crippen MR) is 74.7 cm³/mol. The third kappa shape index (κ3) is 3.43. The van der Waals surface area contributed by atoms with Crippen LogP contribution in [0.3, 0.4) is 0 Å². The maximum absolute atomic E-state index is 12.1. The van der Waals surface area contributed by atoms with Gasteiger partial charge in [0.2, 0.25) is 0 Å². The fourth-order valence-electron chi connectivity index (χ4n) is 1.60. The van der Waals surface area contributed by atoms with E-state index in [0.717, 1.165) is 5.69 Å². The van der Waals surface area contributed by atoms with Crippen LogP contribution in [-0.4, -0.2) is 10.9 Å². The number of aromatic nitrogens is 1. The molecule has 1 aromatic carbocycles. The van der Waals surface area contributed by atoms with Crippen LogP contribution in [0.1, 0.15) is 16.1 Å². The molecule has 0 unspecified atom stereocenters. The Kier molecular flexibility index (Phi) is 4.33. The van der Waals surface area contributed by atoms with E-state index in [1.807, 2.05) is 18.2 Å². The summed E-state index contributed by atoms with van der Waals surface area (Å²) in [6, 6.07) is 10.4. The van der Waals surface area contributed by atoms with Gasteiger partial charge in [-0.1, -0.05) is 17.7 Å². The predicted octanol–water partition coefficient (Wildman–Crippen LogP) is 1.95. The first-order valence-corrected chi connectivity index (χ1v) is 6.03. The zero-order valence-corrected chi connectivity index (χ0v) is 10.8. The number of pyridine rings is 1. The van der Waals surface area contributed by atoms with Crippen molar-refractivity contribution in [3.63, 3.8) is 0 Å². The van der Waals surface area contributed by atoms with Crippen LogP contribution in [0.25, 0.3) is 0 Å². The van der Waals surface area contributed by atoms with Gasteiger partial charge in [-0.2, -0.15) is 0 Å². The molecule has 1 heterocycles. The van der Waals surface area contributed by atoms with Crippen molar-refractivity contribution >= 4 is 23.2 Å². The number of amides is 1. The molecule has 6 heteroatoms. The lowest BCUT2D eigenvalue weighted by Crippen LogP contribution is -2.25. The number of carbonyl (C=O) groups excluding carboxylic acids is 1. The van der Waals surface area contributed by atoms with E-state index < -0.39 is 0 Å². The molecule has 0 aliphatic rings. The Balaban J connectivity index is 2.10. The number of hydrazine groups is 1. The number of hydrogen-bond donors (Lipinski definition) is 3. The molecule has 2 aromatic rings. The number of halogens is 1. The van der Waals surface area contributed by atoms with E-state index in [1.165, 1.54) is 0 Å². The molecule has 0 bridgehead atoms. The number of rotatable bonds is 4. The molecular formula is C13H13ClN4O. The number of nitrogen functional groups attached to an aromatic ring is 1. The number of carbonyl (C=O) groups is 1. The van der Waals surface area contributed by atoms with E-state index in [9.17, 15) is 4.79 Å². The Bertz CT molecular complexity index is 574. The molecule has 5 nitrogen and oxygen atoms in total. The van der Waals surface area contributed by atoms with Gasteiger partial charge >= 0.3 is 0 Å². The van der Waals surface area contributed by atoms with Crippen LogP contribution in [0.15, 0.2) is 42.6 Å². The summed E-state index contributed by atoms with van der Waals surface area (Å²) in [5.41, 5.74) is 4.16. The third-order valence-electron chi connectivity index (χ3n) is 2.54. The molecule has 0 atom stereocenters. The molecule has 0 saturated heterocycles. The van der Waals surface area contributed by atoms with Crippen LogP contribution in [-0.2, 0) is 6.54 Å². The number of nitrogens with two attached hydrogens (primary N) is 1. The van der Waals surface area contributed by atoms with Crippen molar-refractivity contribution in [1.82, 2.24) is 10.3 Å². The Hall–Kier alpha value is -2.11. The Morgan fingerprint density at radius 3 is 2.84 bits per heavy atom. The monoisotopic (exact) mass is 276 g/mol. The van der Waals surface area contributed by atoms with Crippen molar-refractivity contribution in [3.05, 3.63) is 58.9 Å². The number of benzene rings is 1. The van der Waals surface area contributed by atoms with Crippen LogP contribution in [0.2, 0.25) is 5.02 Å². The van der Waals surface area contributed by atoms with Gasteiger partial charge in [-0.05, 0) is 30.3 Å². The smallest absolute Gasteiger partial charge is 0.253 e. The minimum Gasteiger partial charge on any atom is -0.346 e. The van der Waals surface area contributed by atoms with Crippen molar-refractivity contribution in [3.8, 4) is 0 Å². The SMILES string of the molecule is NNc1ccc(Cl)cc1C(=O)NCc1ccccn1. The average molecular weight is 277 g/mol. The third-order valence-corrected chi connectivity index (χ3v) is 2.77. The molecule has 0 fully saturated rings. The number of hydrogen-bond acceptors (Lipinski definition) is 4. The van der Waals surface area contributed by atoms with Gasteiger partial charge < -0.3 is 10.7 Å². The summed E-state index contributed by atoms with van der Waals surface area (Å²) in [7, 11) is 0. The highest BCUT2D eigenvalue weighted by Gasteiger charge is 2.11. The fraction of sp³-hybridized carbons (Fsp3) is 0.0769. The quantitative estimate of drug-likeness (QED) is 0.589. The zero-order chi connectivity index (χ0) is 13.7. The summed E-state index contributed by atoms with van der Waals surface area (Å²) in [6.45, 7) is 0.343. The summed E-state index contributed by atoms with van der Waals surface area (Å²) in [4.78, 5) is 16.2. The number of nitrogens with one attached hydrogen (secondary N) is 2. The molecular weight excluding hydrogens is 264 g/mol. The first kappa shape index (κ1) is 13.3. The van der Waals surface area contributed by atoms with Crippen LogP contribution in [0, 0.1) is 0 Å². The van der Waals surface area contributed by atoms with Crippen LogP contribution >= 0.6 is 11.6 Å². The largest absolute Gasteiger partial charge is 0.346 e. The lowest BCUT2D eigenvalue weighted by molar-refractivity contribution is 0.0951. The fourth-order valence-corrected chi connectivity index (χ4v) is 1.77. The topological polar surface area (TPSA) is 80.0 Å². The first-order chi connectivity index (χ1) is 9.20. The molecule has 0 radical (unpaired) electrons. The maximum Gasteiger partial charge on any atom is 0.253 e. The van der Waals surface area contributed by atoms with E-state index in [2.05, 4.69) is 15.7 Å². The molecule has 1 aromatic heterocycles. The van der Waals surface area contributed by atoms with Crippen molar-refractivity contribution < 1.29 is 4.79 Å². The molecule has 1 amide bonds. The Morgan fingerprint density at radius 1 is 1.32 bits per heavy atom. The van der Waals surface area contributed by atoms with Crippen molar-refractivity contribution in [2.24, 2.45) is 5.84 Å². The van der Waals surface area contributed by atoms with Crippen molar-refractivity contribution in [1.29, 1.82) is 0 Å². The lowest BCUT2D eigenvalue weighted by Gasteiger charge is -2.09. The summed E-state index contributed by atoms with van der Waals surface area (Å²) in [5, 5.41) is 3.24. The summed E-state index contributed by atoms with van der Waals surface area (Å²) >= 11 is 5.87. The molecule has 0 saturated carbocycles. The molecule has 0 spiro atoms. The Labute approximate surface area is 115 Å². The number of anilines is 1. The van der Waals surface area contributed by atoms with Gasteiger partial charge in [-0.15, -0.1) is 0 Å². The standard InChI is InChI=1S/C13H13ClN4O/c14-9-4-5-12(18-15)11(7-9)13(19)17-8-10-3-1-2-6-16-10/h1-7,18H,8,15H2,(H,17,19). The Morgan fingerprint density at radius 2 is 2.16 bits per heavy atom. The van der Waals surface area contributed by atoms with E-state index in [0.29, 0.717) is 22.8 Å². The highest BCUT2D eigenvalue weighted by atomic mass is 35.5. The maximum atomic E-state index is 12.1. The second-order valence-electron chi connectivity index (χ2n) is 3.84. The van der Waals surface area contributed by atoms with Gasteiger partial charge in [0.25, 0.3) is 5.91 Å². The summed E-state index contributed by atoms with van der Waals surface area (Å²) < 4.78 is 0. The van der Waals surface area contributed by atoms with Gasteiger partial charge in [0.05, 0.1) is 23.5 Å². The highest BCUT2D eigenvalue weighted by Crippen LogP contribution is 2.19. The summed E-state index contributed by atoms with van der Waals surface area (Å²) in [5.74, 6) is 5.10. The second-order valence-corrected chi connectivity index (χ2v) is 4.27. The minimum absolute atomic E-state index is 0.263. The molecule has 0 aliphatic carbocycles. The molecule has 2 rings (SSSR count). The first-order valence-electron chi connectivity index (χ1n) is 5.65. The average Bonchev–Trinajstić information content (AvgIpc) is 2.46. The van der Waals surface area contributed by atoms with Gasteiger partial charge in [0, 0.05) is 11.2 Å². The zero-order valence-electron chi connectivity index (χ0n) is 10.1. The van der Waals surface area contributed by atoms with Gasteiger partial charge in [0.1, 0.15) is 0 Å². The molecule has 0 aliphatic heterocycles. The van der Waals surface area contributed by atoms with Gasteiger partial charge in [-0.25, -0.2) is 0 Å². The lowest BCUT2D eigenvalue weighted by atomic mass is 10.1.